The average Bonchev–Trinajstić information content (AvgIpc) is 2.60. The van der Waals surface area contributed by atoms with E-state index in [0.29, 0.717) is 19.3 Å². The van der Waals surface area contributed by atoms with Crippen LogP contribution in [0, 0.1) is 0 Å². The molecule has 0 unspecified atom stereocenters. The van der Waals surface area contributed by atoms with Gasteiger partial charge in [-0.3, -0.25) is 4.79 Å². The summed E-state index contributed by atoms with van der Waals surface area (Å²) in [5, 5.41) is 28.2. The number of allylic oxidation sites excluding steroid dienone is 1. The summed E-state index contributed by atoms with van der Waals surface area (Å²) in [6.07, 6.45) is 6.47. The Balaban J connectivity index is 1.86. The van der Waals surface area contributed by atoms with E-state index in [1.165, 1.54) is 19.1 Å². The Morgan fingerprint density at radius 3 is 2.42 bits per heavy atom. The lowest BCUT2D eigenvalue weighted by Crippen LogP contribution is -2.17. The molecule has 0 aliphatic carbocycles. The van der Waals surface area contributed by atoms with E-state index in [4.69, 9.17) is 4.74 Å². The van der Waals surface area contributed by atoms with Crippen LogP contribution in [0.5, 0.6) is 17.2 Å². The van der Waals surface area contributed by atoms with Crippen LogP contribution in [0.4, 0.5) is 0 Å². The third kappa shape index (κ3) is 6.51. The predicted molar refractivity (Wildman–Crippen MR) is 100 cm³/mol. The number of phenols is 3. The maximum absolute atomic E-state index is 11.3. The number of carbonyl (C=O) groups excluding carboxylic acids is 1. The van der Waals surface area contributed by atoms with Crippen LogP contribution < -0.4 is 0 Å². The Kier molecular flexibility index (Phi) is 7.09. The zero-order valence-corrected chi connectivity index (χ0v) is 14.8. The number of phenolic OH excluding ortho intramolecular Hbond substituents is 3. The maximum atomic E-state index is 11.3. The Labute approximate surface area is 153 Å². The molecule has 3 N–H and O–H groups in total. The first-order chi connectivity index (χ1) is 12.4. The van der Waals surface area contributed by atoms with Gasteiger partial charge in [0.25, 0.3) is 0 Å². The third-order valence-corrected chi connectivity index (χ3v) is 3.99. The van der Waals surface area contributed by atoms with Crippen molar-refractivity contribution in [1.29, 1.82) is 0 Å². The van der Waals surface area contributed by atoms with Crippen LogP contribution >= 0.6 is 0 Å². The highest BCUT2D eigenvalue weighted by Gasteiger charge is 2.12. The predicted octanol–water partition coefficient (Wildman–Crippen LogP) is 4.16. The van der Waals surface area contributed by atoms with Crippen LogP contribution in [0.3, 0.4) is 0 Å². The summed E-state index contributed by atoms with van der Waals surface area (Å²) in [7, 11) is 0. The monoisotopic (exact) mass is 356 g/mol. The second-order valence-electron chi connectivity index (χ2n) is 6.16. The van der Waals surface area contributed by atoms with Crippen molar-refractivity contribution in [2.45, 2.75) is 38.7 Å². The second kappa shape index (κ2) is 9.51. The number of ether oxygens (including phenoxy) is 1. The average molecular weight is 356 g/mol. The first-order valence-corrected chi connectivity index (χ1v) is 8.57. The SMILES string of the molecule is CC(=O)O[C@H](CC/C=C/c1ccc(O)cc1)CCc1ccc(O)c(O)c1. The van der Waals surface area contributed by atoms with Gasteiger partial charge in [-0.15, -0.1) is 0 Å². The fourth-order valence-corrected chi connectivity index (χ4v) is 2.64. The Morgan fingerprint density at radius 1 is 1.04 bits per heavy atom. The Bertz CT molecular complexity index is 749. The van der Waals surface area contributed by atoms with Gasteiger partial charge in [-0.2, -0.15) is 0 Å². The largest absolute Gasteiger partial charge is 0.508 e. The molecule has 0 saturated heterocycles. The molecule has 5 nitrogen and oxygen atoms in total. The van der Waals surface area contributed by atoms with Crippen LogP contribution in [0.2, 0.25) is 0 Å². The van der Waals surface area contributed by atoms with Crippen molar-refractivity contribution in [3.05, 3.63) is 59.7 Å². The highest BCUT2D eigenvalue weighted by Crippen LogP contribution is 2.26. The van der Waals surface area contributed by atoms with Crippen molar-refractivity contribution in [2.24, 2.45) is 0 Å². The summed E-state index contributed by atoms with van der Waals surface area (Å²) in [6, 6.07) is 11.6. The molecule has 5 heteroatoms. The zero-order valence-electron chi connectivity index (χ0n) is 14.8. The molecule has 2 aromatic carbocycles. The van der Waals surface area contributed by atoms with Crippen molar-refractivity contribution < 1.29 is 24.9 Å². The van der Waals surface area contributed by atoms with Gasteiger partial charge in [0.15, 0.2) is 11.5 Å². The van der Waals surface area contributed by atoms with Gasteiger partial charge < -0.3 is 20.1 Å². The molecule has 1 atom stereocenters. The van der Waals surface area contributed by atoms with Crippen molar-refractivity contribution in [2.75, 3.05) is 0 Å². The first-order valence-electron chi connectivity index (χ1n) is 8.57. The highest BCUT2D eigenvalue weighted by molar-refractivity contribution is 5.66. The van der Waals surface area contributed by atoms with E-state index in [1.807, 2.05) is 24.3 Å². The van der Waals surface area contributed by atoms with Gasteiger partial charge in [-0.05, 0) is 61.1 Å². The second-order valence-corrected chi connectivity index (χ2v) is 6.16. The standard InChI is InChI=1S/C21H24O5/c1-15(22)26-19(12-8-17-9-13-20(24)21(25)14-17)5-3-2-4-16-6-10-18(23)11-7-16/h2,4,6-7,9-11,13-14,19,23-25H,3,5,8,12H2,1H3/b4-2+/t19-/m1/s1. The fourth-order valence-electron chi connectivity index (χ4n) is 2.64. The van der Waals surface area contributed by atoms with Gasteiger partial charge in [-0.1, -0.05) is 30.4 Å². The molecular formula is C21H24O5. The number of aromatic hydroxyl groups is 3. The molecule has 0 spiro atoms. The van der Waals surface area contributed by atoms with Gasteiger partial charge in [0.2, 0.25) is 0 Å². The van der Waals surface area contributed by atoms with Crippen molar-refractivity contribution in [1.82, 2.24) is 0 Å². The summed E-state index contributed by atoms with van der Waals surface area (Å²) >= 11 is 0. The van der Waals surface area contributed by atoms with Gasteiger partial charge in [0.1, 0.15) is 11.9 Å². The van der Waals surface area contributed by atoms with E-state index in [-0.39, 0.29) is 29.3 Å². The number of aryl methyl sites for hydroxylation is 1. The van der Waals surface area contributed by atoms with E-state index in [1.54, 1.807) is 18.2 Å². The Hall–Kier alpha value is -2.95. The lowest BCUT2D eigenvalue weighted by atomic mass is 10.0. The van der Waals surface area contributed by atoms with Crippen LogP contribution in [-0.4, -0.2) is 27.4 Å². The van der Waals surface area contributed by atoms with Gasteiger partial charge in [0.05, 0.1) is 0 Å². The van der Waals surface area contributed by atoms with E-state index in [9.17, 15) is 20.1 Å². The smallest absolute Gasteiger partial charge is 0.302 e. The molecule has 0 amide bonds. The minimum atomic E-state index is -0.314. The fraction of sp³-hybridized carbons (Fsp3) is 0.286. The zero-order chi connectivity index (χ0) is 18.9. The number of benzene rings is 2. The first kappa shape index (κ1) is 19.4. The molecule has 0 aliphatic rings. The van der Waals surface area contributed by atoms with Crippen molar-refractivity contribution >= 4 is 12.0 Å². The van der Waals surface area contributed by atoms with E-state index < -0.39 is 0 Å². The molecule has 0 radical (unpaired) electrons. The minimum absolute atomic E-state index is 0.148. The molecule has 0 aliphatic heterocycles. The molecule has 0 bridgehead atoms. The summed E-state index contributed by atoms with van der Waals surface area (Å²) in [6.45, 7) is 1.39. The van der Waals surface area contributed by atoms with Gasteiger partial charge in [0, 0.05) is 6.92 Å². The minimum Gasteiger partial charge on any atom is -0.508 e. The lowest BCUT2D eigenvalue weighted by Gasteiger charge is -2.16. The molecule has 26 heavy (non-hydrogen) atoms. The van der Waals surface area contributed by atoms with Crippen LogP contribution in [0.25, 0.3) is 6.08 Å². The number of carbonyl (C=O) groups is 1. The quantitative estimate of drug-likeness (QED) is 0.488. The number of rotatable bonds is 8. The van der Waals surface area contributed by atoms with Crippen molar-refractivity contribution in [3.63, 3.8) is 0 Å². The van der Waals surface area contributed by atoms with E-state index in [0.717, 1.165) is 17.5 Å². The molecule has 0 saturated carbocycles. The molecule has 0 aromatic heterocycles. The summed E-state index contributed by atoms with van der Waals surface area (Å²) < 4.78 is 5.38. The molecule has 2 aromatic rings. The van der Waals surface area contributed by atoms with Crippen LogP contribution in [0.15, 0.2) is 48.5 Å². The summed E-state index contributed by atoms with van der Waals surface area (Å²) in [4.78, 5) is 11.3. The van der Waals surface area contributed by atoms with Crippen molar-refractivity contribution in [3.8, 4) is 17.2 Å². The third-order valence-electron chi connectivity index (χ3n) is 3.99. The topological polar surface area (TPSA) is 87.0 Å². The summed E-state index contributed by atoms with van der Waals surface area (Å²) in [5.74, 6) is -0.378. The van der Waals surface area contributed by atoms with Crippen LogP contribution in [-0.2, 0) is 16.0 Å². The number of hydrogen-bond donors (Lipinski definition) is 3. The maximum Gasteiger partial charge on any atom is 0.302 e. The van der Waals surface area contributed by atoms with Crippen LogP contribution in [0.1, 0.15) is 37.3 Å². The van der Waals surface area contributed by atoms with E-state index in [2.05, 4.69) is 0 Å². The lowest BCUT2D eigenvalue weighted by molar-refractivity contribution is -0.146. The molecule has 2 rings (SSSR count). The summed E-state index contributed by atoms with van der Waals surface area (Å²) in [5.41, 5.74) is 1.86. The highest BCUT2D eigenvalue weighted by atomic mass is 16.5. The Morgan fingerprint density at radius 2 is 1.77 bits per heavy atom. The number of hydrogen-bond acceptors (Lipinski definition) is 5. The van der Waals surface area contributed by atoms with E-state index >= 15 is 0 Å². The van der Waals surface area contributed by atoms with Gasteiger partial charge >= 0.3 is 5.97 Å². The van der Waals surface area contributed by atoms with Gasteiger partial charge in [-0.25, -0.2) is 0 Å². The number of esters is 1. The normalized spacial score (nSPS) is 12.2. The molecule has 0 fully saturated rings. The molecule has 0 heterocycles. The molecule has 138 valence electrons. The molecular weight excluding hydrogens is 332 g/mol.